The minimum absolute atomic E-state index is 0. The van der Waals surface area contributed by atoms with Crippen LogP contribution in [0.4, 0.5) is 0 Å². The molecule has 10 heavy (non-hydrogen) atoms. The molecular formula is C7H19NO2. The van der Waals surface area contributed by atoms with Crippen molar-refractivity contribution < 1.29 is 9.84 Å². The van der Waals surface area contributed by atoms with Crippen molar-refractivity contribution in [3.05, 3.63) is 0 Å². The fourth-order valence-electron chi connectivity index (χ4n) is 0.667. The Labute approximate surface area is 63.6 Å². The fraction of sp³-hybridized carbons (Fsp3) is 1.00. The summed E-state index contributed by atoms with van der Waals surface area (Å²) in [5, 5.41) is 9.05. The molecule has 0 radical (unpaired) electrons. The van der Waals surface area contributed by atoms with E-state index in [2.05, 4.69) is 0 Å². The maximum Gasteiger partial charge on any atom is 0.0899 e. The van der Waals surface area contributed by atoms with Gasteiger partial charge in [0.25, 0.3) is 0 Å². The van der Waals surface area contributed by atoms with Gasteiger partial charge in [0.1, 0.15) is 0 Å². The van der Waals surface area contributed by atoms with Crippen molar-refractivity contribution in [1.29, 1.82) is 0 Å². The third-order valence-corrected chi connectivity index (χ3v) is 0.935. The lowest BCUT2D eigenvalue weighted by Gasteiger charge is -2.14. The Kier molecular flexibility index (Phi) is 8.77. The van der Waals surface area contributed by atoms with Gasteiger partial charge in [-0.25, -0.2) is 0 Å². The van der Waals surface area contributed by atoms with Crippen LogP contribution in [0.2, 0.25) is 0 Å². The maximum atomic E-state index is 9.05. The lowest BCUT2D eigenvalue weighted by atomic mass is 10.4. The van der Waals surface area contributed by atoms with Crippen LogP contribution in [0.5, 0.6) is 0 Å². The van der Waals surface area contributed by atoms with E-state index in [-0.39, 0.29) is 13.5 Å². The second kappa shape index (κ2) is 6.99. The summed E-state index contributed by atoms with van der Waals surface area (Å²) >= 11 is 0. The fourth-order valence-corrected chi connectivity index (χ4v) is 0.667. The van der Waals surface area contributed by atoms with E-state index in [1.54, 1.807) is 7.11 Å². The molecule has 0 rings (SSSR count). The third-order valence-electron chi connectivity index (χ3n) is 0.935. The van der Waals surface area contributed by atoms with E-state index < -0.39 is 0 Å². The molecule has 0 aliphatic carbocycles. The zero-order valence-corrected chi connectivity index (χ0v) is 6.29. The minimum atomic E-state index is -0.356. The first-order chi connectivity index (χ1) is 4.16. The van der Waals surface area contributed by atoms with Gasteiger partial charge >= 0.3 is 0 Å². The second-order valence-electron chi connectivity index (χ2n) is 2.37. The summed E-state index contributed by atoms with van der Waals surface area (Å²) in [6.07, 6.45) is -0.356. The van der Waals surface area contributed by atoms with Crippen molar-refractivity contribution in [2.45, 2.75) is 13.5 Å². The Balaban J connectivity index is 0. The molecule has 0 aromatic heterocycles. The molecule has 0 aromatic carbocycles. The van der Waals surface area contributed by atoms with Gasteiger partial charge in [-0.2, -0.15) is 0 Å². The van der Waals surface area contributed by atoms with Gasteiger partial charge in [0, 0.05) is 13.7 Å². The van der Waals surface area contributed by atoms with Gasteiger partial charge in [0.15, 0.2) is 0 Å². The molecule has 0 spiro atoms. The van der Waals surface area contributed by atoms with E-state index in [4.69, 9.17) is 9.84 Å². The molecule has 0 fully saturated rings. The van der Waals surface area contributed by atoms with E-state index >= 15 is 0 Å². The average Bonchev–Trinajstić information content (AvgIpc) is 1.63. The van der Waals surface area contributed by atoms with Gasteiger partial charge in [-0.1, -0.05) is 7.43 Å². The van der Waals surface area contributed by atoms with E-state index in [9.17, 15) is 0 Å². The molecule has 0 bridgehead atoms. The van der Waals surface area contributed by atoms with Crippen LogP contribution in [-0.2, 0) is 4.74 Å². The van der Waals surface area contributed by atoms with Crippen molar-refractivity contribution in [2.24, 2.45) is 0 Å². The van der Waals surface area contributed by atoms with Crippen molar-refractivity contribution in [3.8, 4) is 0 Å². The number of aliphatic hydroxyl groups is 1. The highest BCUT2D eigenvalue weighted by molar-refractivity contribution is 4.55. The van der Waals surface area contributed by atoms with Crippen LogP contribution in [0, 0.1) is 0 Å². The first-order valence-corrected chi connectivity index (χ1v) is 2.98. The van der Waals surface area contributed by atoms with E-state index in [1.165, 1.54) is 0 Å². The molecule has 0 aromatic rings. The zero-order valence-electron chi connectivity index (χ0n) is 6.29. The molecule has 0 saturated heterocycles. The van der Waals surface area contributed by atoms with E-state index in [1.807, 2.05) is 19.0 Å². The smallest absolute Gasteiger partial charge is 0.0899 e. The van der Waals surface area contributed by atoms with Crippen LogP contribution in [0.25, 0.3) is 0 Å². The summed E-state index contributed by atoms with van der Waals surface area (Å²) in [6, 6.07) is 0. The van der Waals surface area contributed by atoms with Crippen LogP contribution >= 0.6 is 0 Å². The largest absolute Gasteiger partial charge is 0.389 e. The number of ether oxygens (including phenoxy) is 1. The highest BCUT2D eigenvalue weighted by Crippen LogP contribution is 1.85. The molecule has 1 atom stereocenters. The molecule has 0 saturated carbocycles. The zero-order chi connectivity index (χ0) is 7.28. The van der Waals surface area contributed by atoms with Gasteiger partial charge in [0.05, 0.1) is 12.7 Å². The number of hydrogen-bond donors (Lipinski definition) is 1. The summed E-state index contributed by atoms with van der Waals surface area (Å²) in [6.45, 7) is 1.08. The molecule has 0 amide bonds. The van der Waals surface area contributed by atoms with Gasteiger partial charge in [-0.15, -0.1) is 0 Å². The summed E-state index contributed by atoms with van der Waals surface area (Å²) < 4.78 is 4.73. The van der Waals surface area contributed by atoms with Gasteiger partial charge in [-0.3, -0.25) is 0 Å². The Morgan fingerprint density at radius 1 is 1.50 bits per heavy atom. The lowest BCUT2D eigenvalue weighted by molar-refractivity contribution is 0.0479. The van der Waals surface area contributed by atoms with Crippen molar-refractivity contribution in [1.82, 2.24) is 4.90 Å². The van der Waals surface area contributed by atoms with Gasteiger partial charge in [-0.05, 0) is 14.1 Å². The van der Waals surface area contributed by atoms with E-state index in [0.29, 0.717) is 13.2 Å². The van der Waals surface area contributed by atoms with Crippen molar-refractivity contribution >= 4 is 0 Å². The highest BCUT2D eigenvalue weighted by Gasteiger charge is 2.02. The molecule has 1 N–H and O–H groups in total. The van der Waals surface area contributed by atoms with Crippen LogP contribution in [0.15, 0.2) is 0 Å². The van der Waals surface area contributed by atoms with Gasteiger partial charge < -0.3 is 14.7 Å². The standard InChI is InChI=1S/C6H15NO2.CH4/c1-7(2)4-6(8)5-9-3;/h6,8H,4-5H2,1-3H3;1H4. The maximum absolute atomic E-state index is 9.05. The molecule has 0 aliphatic heterocycles. The van der Waals surface area contributed by atoms with Crippen LogP contribution < -0.4 is 0 Å². The van der Waals surface area contributed by atoms with E-state index in [0.717, 1.165) is 0 Å². The monoisotopic (exact) mass is 149 g/mol. The second-order valence-corrected chi connectivity index (χ2v) is 2.37. The number of rotatable bonds is 4. The quantitative estimate of drug-likeness (QED) is 0.619. The SMILES string of the molecule is C.COCC(O)CN(C)C. The molecule has 0 aliphatic rings. The molecule has 3 nitrogen and oxygen atoms in total. The van der Waals surface area contributed by atoms with Crippen LogP contribution in [0.3, 0.4) is 0 Å². The predicted molar refractivity (Wildman–Crippen MR) is 43.2 cm³/mol. The Morgan fingerprint density at radius 2 is 2.00 bits per heavy atom. The topological polar surface area (TPSA) is 32.7 Å². The first-order valence-electron chi connectivity index (χ1n) is 2.98. The van der Waals surface area contributed by atoms with Gasteiger partial charge in [0.2, 0.25) is 0 Å². The summed E-state index contributed by atoms with van der Waals surface area (Å²) in [5.41, 5.74) is 0. The van der Waals surface area contributed by atoms with Crippen molar-refractivity contribution in [3.63, 3.8) is 0 Å². The molecule has 3 heteroatoms. The molecule has 0 heterocycles. The number of methoxy groups -OCH3 is 1. The summed E-state index contributed by atoms with van der Waals surface area (Å²) in [4.78, 5) is 1.92. The molecule has 1 unspecified atom stereocenters. The van der Waals surface area contributed by atoms with Crippen LogP contribution in [-0.4, -0.2) is 50.5 Å². The molecule has 64 valence electrons. The minimum Gasteiger partial charge on any atom is -0.389 e. The predicted octanol–water partition coefficient (Wildman–Crippen LogP) is 0.191. The number of hydrogen-bond acceptors (Lipinski definition) is 3. The van der Waals surface area contributed by atoms with Crippen molar-refractivity contribution in [2.75, 3.05) is 34.4 Å². The Hall–Kier alpha value is -0.120. The first kappa shape index (κ1) is 12.5. The normalized spacial score (nSPS) is 12.9. The number of nitrogens with zero attached hydrogens (tertiary/aromatic N) is 1. The summed E-state index contributed by atoms with van der Waals surface area (Å²) in [5.74, 6) is 0. The summed E-state index contributed by atoms with van der Waals surface area (Å²) in [7, 11) is 5.41. The average molecular weight is 149 g/mol. The number of likely N-dealkylation sites (N-methyl/N-ethyl adjacent to an activating group) is 1. The highest BCUT2D eigenvalue weighted by atomic mass is 16.5. The number of aliphatic hydroxyl groups excluding tert-OH is 1. The lowest BCUT2D eigenvalue weighted by Crippen LogP contribution is -2.29. The Bertz CT molecular complexity index is 66.6. The molecular weight excluding hydrogens is 130 g/mol. The third kappa shape index (κ3) is 7.88. The van der Waals surface area contributed by atoms with Crippen LogP contribution in [0.1, 0.15) is 7.43 Å². The Morgan fingerprint density at radius 3 is 2.30 bits per heavy atom.